The van der Waals surface area contributed by atoms with E-state index >= 15 is 0 Å². The van der Waals surface area contributed by atoms with Crippen LogP contribution in [0.4, 0.5) is 0 Å². The number of rotatable bonds is 4. The Morgan fingerprint density at radius 1 is 1.21 bits per heavy atom. The van der Waals surface area contributed by atoms with Crippen molar-refractivity contribution in [1.29, 1.82) is 0 Å². The lowest BCUT2D eigenvalue weighted by Crippen LogP contribution is -2.04. The van der Waals surface area contributed by atoms with Gasteiger partial charge in [0.15, 0.2) is 5.78 Å². The molecule has 5 heteroatoms. The number of hydrogen-bond donors (Lipinski definition) is 1. The van der Waals surface area contributed by atoms with Crippen molar-refractivity contribution in [3.63, 3.8) is 0 Å². The van der Waals surface area contributed by atoms with Gasteiger partial charge in [-0.3, -0.25) is 4.79 Å². The van der Waals surface area contributed by atoms with Gasteiger partial charge in [0.05, 0.1) is 0 Å². The van der Waals surface area contributed by atoms with Gasteiger partial charge in [-0.1, -0.05) is 23.7 Å². The zero-order valence-corrected chi connectivity index (χ0v) is 12.3. The molecule has 0 spiro atoms. The molecule has 98 valence electrons. The molecular weight excluding hydrogens is 330 g/mol. The second kappa shape index (κ2) is 6.17. The fraction of sp³-hybridized carbons (Fsp3) is 0.143. The summed E-state index contributed by atoms with van der Waals surface area (Å²) in [4.78, 5) is 16.0. The van der Waals surface area contributed by atoms with Gasteiger partial charge in [0.1, 0.15) is 16.0 Å². The Balaban J connectivity index is 2.05. The predicted octanol–water partition coefficient (Wildman–Crippen LogP) is 4.02. The summed E-state index contributed by atoms with van der Waals surface area (Å²) in [6, 6.07) is 10.4. The van der Waals surface area contributed by atoms with Crippen LogP contribution in [0.2, 0.25) is 5.02 Å². The molecule has 0 aliphatic heterocycles. The van der Waals surface area contributed by atoms with Gasteiger partial charge in [-0.05, 0) is 52.2 Å². The van der Waals surface area contributed by atoms with Crippen molar-refractivity contribution in [2.75, 3.05) is 0 Å². The van der Waals surface area contributed by atoms with Crippen LogP contribution in [0, 0.1) is 0 Å². The van der Waals surface area contributed by atoms with E-state index in [4.69, 9.17) is 11.6 Å². The molecular formula is C14H11BrClNO2. The van der Waals surface area contributed by atoms with Crippen molar-refractivity contribution >= 4 is 33.3 Å². The lowest BCUT2D eigenvalue weighted by Gasteiger charge is -2.04. The molecule has 1 heterocycles. The summed E-state index contributed by atoms with van der Waals surface area (Å²) in [5, 5.41) is 10.3. The van der Waals surface area contributed by atoms with Crippen molar-refractivity contribution < 1.29 is 9.90 Å². The Hall–Kier alpha value is -1.39. The molecule has 1 aromatic heterocycles. The van der Waals surface area contributed by atoms with Gasteiger partial charge in [0.2, 0.25) is 0 Å². The maximum Gasteiger partial charge on any atom is 0.185 e. The number of Topliss-reactive ketones (excluding diaryl/α,β-unsaturated/α-hetero) is 1. The Labute approximate surface area is 124 Å². The highest BCUT2D eigenvalue weighted by Gasteiger charge is 2.13. The molecule has 0 fully saturated rings. The second-order valence-electron chi connectivity index (χ2n) is 4.05. The number of carbonyl (C=O) groups excluding carboxylic acids is 1. The van der Waals surface area contributed by atoms with Crippen LogP contribution in [-0.2, 0) is 6.42 Å². The van der Waals surface area contributed by atoms with Crippen molar-refractivity contribution in [2.45, 2.75) is 12.8 Å². The molecule has 0 atom stereocenters. The average molecular weight is 341 g/mol. The molecule has 3 nitrogen and oxygen atoms in total. The number of nitrogens with zero attached hydrogens (tertiary/aromatic N) is 1. The van der Waals surface area contributed by atoms with E-state index in [1.807, 2.05) is 12.1 Å². The van der Waals surface area contributed by atoms with Crippen LogP contribution in [0.25, 0.3) is 0 Å². The molecule has 19 heavy (non-hydrogen) atoms. The van der Waals surface area contributed by atoms with Gasteiger partial charge < -0.3 is 5.11 Å². The standard InChI is InChI=1S/C14H11BrClNO2/c15-13-8-7-12(19)14(17-13)11(18)6-3-9-1-4-10(16)5-2-9/h1-2,4-5,7-8,19H,3,6H2. The molecule has 0 bridgehead atoms. The van der Waals surface area contributed by atoms with E-state index in [-0.39, 0.29) is 17.2 Å². The average Bonchev–Trinajstić information content (AvgIpc) is 2.40. The summed E-state index contributed by atoms with van der Waals surface area (Å²) >= 11 is 8.97. The zero-order chi connectivity index (χ0) is 13.8. The molecule has 0 unspecified atom stereocenters. The number of pyridine rings is 1. The monoisotopic (exact) mass is 339 g/mol. The van der Waals surface area contributed by atoms with Crippen molar-refractivity contribution in [3.8, 4) is 5.75 Å². The quantitative estimate of drug-likeness (QED) is 0.675. The lowest BCUT2D eigenvalue weighted by atomic mass is 10.1. The fourth-order valence-corrected chi connectivity index (χ4v) is 2.10. The fourth-order valence-electron chi connectivity index (χ4n) is 1.66. The van der Waals surface area contributed by atoms with E-state index in [0.717, 1.165) is 5.56 Å². The first kappa shape index (κ1) is 14.0. The molecule has 0 saturated heterocycles. The number of aryl methyl sites for hydroxylation is 1. The number of hydrogen-bond acceptors (Lipinski definition) is 3. The van der Waals surface area contributed by atoms with E-state index in [1.165, 1.54) is 6.07 Å². The molecule has 0 aliphatic rings. The molecule has 2 rings (SSSR count). The number of halogens is 2. The number of aromatic hydroxyl groups is 1. The summed E-state index contributed by atoms with van der Waals surface area (Å²) < 4.78 is 0.528. The van der Waals surface area contributed by atoms with Crippen molar-refractivity contribution in [2.24, 2.45) is 0 Å². The third-order valence-corrected chi connectivity index (χ3v) is 3.35. The van der Waals surface area contributed by atoms with E-state index in [2.05, 4.69) is 20.9 Å². The topological polar surface area (TPSA) is 50.2 Å². The maximum absolute atomic E-state index is 12.0. The molecule has 1 N–H and O–H groups in total. The Kier molecular flexibility index (Phi) is 4.56. The van der Waals surface area contributed by atoms with Gasteiger partial charge in [0, 0.05) is 11.4 Å². The summed E-state index contributed by atoms with van der Waals surface area (Å²) in [5.41, 5.74) is 1.12. The van der Waals surface area contributed by atoms with Crippen LogP contribution in [0.15, 0.2) is 41.0 Å². The predicted molar refractivity (Wildman–Crippen MR) is 77.7 cm³/mol. The number of aromatic nitrogens is 1. The van der Waals surface area contributed by atoms with Crippen molar-refractivity contribution in [1.82, 2.24) is 4.98 Å². The summed E-state index contributed by atoms with van der Waals surface area (Å²) in [5.74, 6) is -0.280. The Bertz CT molecular complexity index is 599. The third-order valence-electron chi connectivity index (χ3n) is 2.66. The molecule has 1 aromatic carbocycles. The van der Waals surface area contributed by atoms with Gasteiger partial charge in [-0.25, -0.2) is 4.98 Å². The number of carbonyl (C=O) groups is 1. The van der Waals surface area contributed by atoms with Crippen LogP contribution in [-0.4, -0.2) is 15.9 Å². The Morgan fingerprint density at radius 2 is 1.89 bits per heavy atom. The maximum atomic E-state index is 12.0. The summed E-state index contributed by atoms with van der Waals surface area (Å²) in [7, 11) is 0. The van der Waals surface area contributed by atoms with Crippen LogP contribution in [0.5, 0.6) is 5.75 Å². The SMILES string of the molecule is O=C(CCc1ccc(Cl)cc1)c1nc(Br)ccc1O. The zero-order valence-electron chi connectivity index (χ0n) is 9.94. The van der Waals surface area contributed by atoms with Crippen molar-refractivity contribution in [3.05, 3.63) is 57.3 Å². The van der Waals surface area contributed by atoms with Gasteiger partial charge in [-0.2, -0.15) is 0 Å². The minimum atomic E-state index is -0.186. The third kappa shape index (κ3) is 3.78. The van der Waals surface area contributed by atoms with Gasteiger partial charge in [0.25, 0.3) is 0 Å². The van der Waals surface area contributed by atoms with Gasteiger partial charge >= 0.3 is 0 Å². The highest BCUT2D eigenvalue weighted by atomic mass is 79.9. The van der Waals surface area contributed by atoms with Gasteiger partial charge in [-0.15, -0.1) is 0 Å². The lowest BCUT2D eigenvalue weighted by molar-refractivity contribution is 0.0975. The first-order valence-electron chi connectivity index (χ1n) is 5.69. The van der Waals surface area contributed by atoms with Crippen LogP contribution in [0.3, 0.4) is 0 Å². The smallest absolute Gasteiger partial charge is 0.185 e. The van der Waals surface area contributed by atoms with E-state index < -0.39 is 0 Å². The van der Waals surface area contributed by atoms with E-state index in [0.29, 0.717) is 22.5 Å². The summed E-state index contributed by atoms with van der Waals surface area (Å²) in [6.45, 7) is 0. The normalized spacial score (nSPS) is 10.4. The molecule has 0 radical (unpaired) electrons. The minimum absolute atomic E-state index is 0.0932. The van der Waals surface area contributed by atoms with Crippen LogP contribution < -0.4 is 0 Å². The number of ketones is 1. The first-order chi connectivity index (χ1) is 9.06. The first-order valence-corrected chi connectivity index (χ1v) is 6.86. The highest BCUT2D eigenvalue weighted by Crippen LogP contribution is 2.20. The molecule has 2 aromatic rings. The van der Waals surface area contributed by atoms with E-state index in [9.17, 15) is 9.90 Å². The molecule has 0 aliphatic carbocycles. The minimum Gasteiger partial charge on any atom is -0.506 e. The second-order valence-corrected chi connectivity index (χ2v) is 5.30. The highest BCUT2D eigenvalue weighted by molar-refractivity contribution is 9.10. The molecule has 0 saturated carbocycles. The van der Waals surface area contributed by atoms with Crippen LogP contribution >= 0.6 is 27.5 Å². The summed E-state index contributed by atoms with van der Waals surface area (Å²) in [6.07, 6.45) is 0.877. The molecule has 0 amide bonds. The largest absolute Gasteiger partial charge is 0.506 e. The van der Waals surface area contributed by atoms with Crippen LogP contribution in [0.1, 0.15) is 22.5 Å². The Morgan fingerprint density at radius 3 is 2.58 bits per heavy atom. The number of benzene rings is 1. The van der Waals surface area contributed by atoms with E-state index in [1.54, 1.807) is 18.2 Å².